The molecule has 3 aliphatic heterocycles. The van der Waals surface area contributed by atoms with Crippen LogP contribution in [0, 0.1) is 17.8 Å². The quantitative estimate of drug-likeness (QED) is 0.244. The molecule has 44 heavy (non-hydrogen) atoms. The molecular formula is C34H39BrClN3O5. The minimum absolute atomic E-state index is 0.133. The van der Waals surface area contributed by atoms with Crippen molar-refractivity contribution < 1.29 is 24.2 Å². The molecule has 0 saturated carbocycles. The number of carbonyl (C=O) groups excluding carboxylic acids is 3. The van der Waals surface area contributed by atoms with E-state index < -0.39 is 35.6 Å². The van der Waals surface area contributed by atoms with E-state index in [0.717, 1.165) is 0 Å². The SMILES string of the molecule is C=CCN(C(=O)C1N([C@@H](CO)CC(C)C)C(=O)[C@@H]2[C@@H](C(=O)N(CC=C)c3ccccc3)[C@@H]3OC12CC3Br)c1ccc(Cl)cc1. The van der Waals surface area contributed by atoms with Gasteiger partial charge in [-0.2, -0.15) is 0 Å². The Bertz CT molecular complexity index is 1410. The lowest BCUT2D eigenvalue weighted by atomic mass is 9.70. The van der Waals surface area contributed by atoms with Crippen LogP contribution in [0.1, 0.15) is 26.7 Å². The summed E-state index contributed by atoms with van der Waals surface area (Å²) in [5.41, 5.74) is -0.00363. The van der Waals surface area contributed by atoms with Gasteiger partial charge in [-0.05, 0) is 55.2 Å². The van der Waals surface area contributed by atoms with Crippen LogP contribution in [0.3, 0.4) is 0 Å². The van der Waals surface area contributed by atoms with Crippen molar-refractivity contribution in [3.8, 4) is 0 Å². The third kappa shape index (κ3) is 5.53. The molecule has 3 heterocycles. The van der Waals surface area contributed by atoms with Crippen LogP contribution >= 0.6 is 27.5 Å². The molecule has 0 radical (unpaired) electrons. The number of anilines is 2. The molecule has 3 saturated heterocycles. The summed E-state index contributed by atoms with van der Waals surface area (Å²) in [6.07, 6.45) is 3.49. The molecule has 234 valence electrons. The van der Waals surface area contributed by atoms with E-state index in [-0.39, 0.29) is 48.2 Å². The lowest BCUT2D eigenvalue weighted by Gasteiger charge is -2.39. The fraction of sp³-hybridized carbons (Fsp3) is 0.441. The molecule has 1 spiro atoms. The van der Waals surface area contributed by atoms with Crippen molar-refractivity contribution in [1.29, 1.82) is 0 Å². The smallest absolute Gasteiger partial charge is 0.253 e. The van der Waals surface area contributed by atoms with Crippen LogP contribution in [0.15, 0.2) is 79.9 Å². The summed E-state index contributed by atoms with van der Waals surface area (Å²) in [7, 11) is 0. The minimum atomic E-state index is -1.28. The first-order valence-electron chi connectivity index (χ1n) is 15.0. The molecule has 7 atom stereocenters. The maximum absolute atomic E-state index is 14.8. The zero-order chi connectivity index (χ0) is 31.8. The van der Waals surface area contributed by atoms with Crippen LogP contribution in [0.5, 0.6) is 0 Å². The van der Waals surface area contributed by atoms with E-state index >= 15 is 0 Å². The van der Waals surface area contributed by atoms with Gasteiger partial charge in [0.2, 0.25) is 11.8 Å². The first kappa shape index (κ1) is 32.4. The number of rotatable bonds is 12. The highest BCUT2D eigenvalue weighted by Crippen LogP contribution is 2.61. The molecule has 0 aromatic heterocycles. The van der Waals surface area contributed by atoms with Crippen LogP contribution in [0.2, 0.25) is 5.02 Å². The van der Waals surface area contributed by atoms with Gasteiger partial charge in [-0.25, -0.2) is 0 Å². The van der Waals surface area contributed by atoms with E-state index in [1.807, 2.05) is 44.2 Å². The van der Waals surface area contributed by atoms with Crippen LogP contribution < -0.4 is 9.80 Å². The van der Waals surface area contributed by atoms with Crippen LogP contribution in [-0.4, -0.2) is 76.0 Å². The van der Waals surface area contributed by atoms with Gasteiger partial charge in [0.15, 0.2) is 0 Å². The van der Waals surface area contributed by atoms with Crippen LogP contribution in [0.4, 0.5) is 11.4 Å². The van der Waals surface area contributed by atoms with Gasteiger partial charge in [0, 0.05) is 34.3 Å². The number of halogens is 2. The molecule has 5 rings (SSSR count). The second kappa shape index (κ2) is 13.2. The number of nitrogens with zero attached hydrogens (tertiary/aromatic N) is 3. The first-order valence-corrected chi connectivity index (χ1v) is 16.3. The second-order valence-corrected chi connectivity index (χ2v) is 13.8. The Morgan fingerprint density at radius 3 is 2.23 bits per heavy atom. The van der Waals surface area contributed by atoms with Crippen molar-refractivity contribution in [2.24, 2.45) is 17.8 Å². The Balaban J connectivity index is 1.63. The van der Waals surface area contributed by atoms with E-state index in [1.54, 1.807) is 46.2 Å². The topological polar surface area (TPSA) is 90.4 Å². The second-order valence-electron chi connectivity index (χ2n) is 12.2. The minimum Gasteiger partial charge on any atom is -0.394 e. The summed E-state index contributed by atoms with van der Waals surface area (Å²) < 4.78 is 6.75. The molecule has 0 aliphatic carbocycles. The standard InChI is InChI=1S/C34H39BrClN3O5/c1-5-16-37(23-10-8-7-9-11-23)31(41)27-28-32(42)39(25(20-40)18-21(3)4)30(34(28)19-26(35)29(27)44-34)33(43)38(17-6-2)24-14-12-22(36)13-15-24/h5-15,21,25-30,40H,1-2,16-20H2,3-4H3/t25-,26?,27-,28+,29-,30?,34?/m1/s1. The fourth-order valence-corrected chi connectivity index (χ4v) is 8.37. The molecule has 3 amide bonds. The number of likely N-dealkylation sites (tertiary alicyclic amines) is 1. The van der Waals surface area contributed by atoms with Crippen LogP contribution in [0.25, 0.3) is 0 Å². The summed E-state index contributed by atoms with van der Waals surface area (Å²) >= 11 is 9.92. The highest BCUT2D eigenvalue weighted by atomic mass is 79.9. The normalized spacial score (nSPS) is 27.7. The maximum Gasteiger partial charge on any atom is 0.253 e. The number of alkyl halides is 1. The zero-order valence-corrected chi connectivity index (χ0v) is 27.4. The number of fused-ring (bicyclic) bond motifs is 1. The fourth-order valence-electron chi connectivity index (χ4n) is 7.30. The average molecular weight is 685 g/mol. The van der Waals surface area contributed by atoms with Gasteiger partial charge in [-0.3, -0.25) is 14.4 Å². The Labute approximate surface area is 272 Å². The van der Waals surface area contributed by atoms with E-state index in [0.29, 0.717) is 29.2 Å². The van der Waals surface area contributed by atoms with Gasteiger partial charge >= 0.3 is 0 Å². The number of hydrogen-bond donors (Lipinski definition) is 1. The first-order chi connectivity index (χ1) is 21.1. The lowest BCUT2D eigenvalue weighted by molar-refractivity contribution is -0.144. The molecule has 10 heteroatoms. The van der Waals surface area contributed by atoms with E-state index in [9.17, 15) is 19.5 Å². The molecule has 3 unspecified atom stereocenters. The third-order valence-corrected chi connectivity index (χ3v) is 10.1. The molecule has 2 bridgehead atoms. The Morgan fingerprint density at radius 1 is 1.07 bits per heavy atom. The number of hydrogen-bond acceptors (Lipinski definition) is 5. The average Bonchev–Trinajstić information content (AvgIpc) is 3.61. The number of aliphatic hydroxyl groups is 1. The summed E-state index contributed by atoms with van der Waals surface area (Å²) in [5, 5.41) is 11.1. The highest BCUT2D eigenvalue weighted by Gasteiger charge is 2.77. The molecule has 8 nitrogen and oxygen atoms in total. The van der Waals surface area contributed by atoms with Crippen LogP contribution in [-0.2, 0) is 19.1 Å². The zero-order valence-electron chi connectivity index (χ0n) is 25.0. The molecule has 3 aliphatic rings. The largest absolute Gasteiger partial charge is 0.394 e. The number of benzene rings is 2. The number of para-hydroxylation sites is 1. The number of amides is 3. The van der Waals surface area contributed by atoms with E-state index in [1.165, 1.54) is 4.90 Å². The predicted octanol–water partition coefficient (Wildman–Crippen LogP) is 5.23. The Morgan fingerprint density at radius 2 is 1.66 bits per heavy atom. The van der Waals surface area contributed by atoms with Crippen molar-refractivity contribution in [2.45, 2.75) is 55.3 Å². The number of ether oxygens (including phenoxy) is 1. The van der Waals surface area contributed by atoms with Crippen molar-refractivity contribution in [2.75, 3.05) is 29.5 Å². The van der Waals surface area contributed by atoms with Gasteiger partial charge in [0.1, 0.15) is 11.6 Å². The van der Waals surface area contributed by atoms with Crippen molar-refractivity contribution >= 4 is 56.6 Å². The van der Waals surface area contributed by atoms with Crippen molar-refractivity contribution in [3.05, 3.63) is 84.9 Å². The molecule has 1 N–H and O–H groups in total. The van der Waals surface area contributed by atoms with Gasteiger partial charge in [-0.15, -0.1) is 13.2 Å². The molecular weight excluding hydrogens is 646 g/mol. The number of carbonyl (C=O) groups is 3. The Kier molecular flexibility index (Phi) is 9.70. The maximum atomic E-state index is 14.8. The number of aliphatic hydroxyl groups excluding tert-OH is 1. The summed E-state index contributed by atoms with van der Waals surface area (Å²) in [6.45, 7) is 11.8. The predicted molar refractivity (Wildman–Crippen MR) is 176 cm³/mol. The third-order valence-electron chi connectivity index (χ3n) is 8.96. The van der Waals surface area contributed by atoms with Gasteiger partial charge in [-0.1, -0.05) is 71.7 Å². The summed E-state index contributed by atoms with van der Waals surface area (Å²) in [6, 6.07) is 14.4. The Hall–Kier alpha value is -2.98. The van der Waals surface area contributed by atoms with Gasteiger partial charge in [0.25, 0.3) is 5.91 Å². The summed E-state index contributed by atoms with van der Waals surface area (Å²) in [5.74, 6) is -2.58. The molecule has 2 aromatic carbocycles. The molecule has 2 aromatic rings. The van der Waals surface area contributed by atoms with Crippen molar-refractivity contribution in [3.63, 3.8) is 0 Å². The molecule has 3 fully saturated rings. The van der Waals surface area contributed by atoms with Gasteiger partial charge < -0.3 is 24.5 Å². The lowest BCUT2D eigenvalue weighted by Crippen LogP contribution is -2.59. The van der Waals surface area contributed by atoms with E-state index in [4.69, 9.17) is 16.3 Å². The highest BCUT2D eigenvalue weighted by molar-refractivity contribution is 9.09. The van der Waals surface area contributed by atoms with Crippen molar-refractivity contribution in [1.82, 2.24) is 4.90 Å². The monoisotopic (exact) mass is 683 g/mol. The summed E-state index contributed by atoms with van der Waals surface area (Å²) in [4.78, 5) is 48.4. The van der Waals surface area contributed by atoms with E-state index in [2.05, 4.69) is 29.1 Å². The van der Waals surface area contributed by atoms with Gasteiger partial charge in [0.05, 0.1) is 30.6 Å².